The van der Waals surface area contributed by atoms with E-state index in [1.54, 1.807) is 7.11 Å². The molecule has 2 rings (SSSR count). The number of anilines is 1. The predicted octanol–water partition coefficient (Wildman–Crippen LogP) is 1.40. The normalized spacial score (nSPS) is 14.9. The summed E-state index contributed by atoms with van der Waals surface area (Å²) in [5, 5.41) is 0. The molecule has 0 radical (unpaired) electrons. The molecule has 0 unspecified atom stereocenters. The van der Waals surface area contributed by atoms with Crippen molar-refractivity contribution in [2.45, 2.75) is 19.4 Å². The topological polar surface area (TPSA) is 41.5 Å². The molecule has 1 heterocycles. The highest BCUT2D eigenvalue weighted by molar-refractivity contribution is 5.26. The first kappa shape index (κ1) is 14.2. The van der Waals surface area contributed by atoms with Crippen molar-refractivity contribution in [3.63, 3.8) is 0 Å². The molecule has 19 heavy (non-hydrogen) atoms. The molecule has 1 aliphatic rings. The smallest absolute Gasteiger partial charge is 0.224 e. The van der Waals surface area contributed by atoms with Crippen LogP contribution in [0, 0.1) is 5.92 Å². The third kappa shape index (κ3) is 4.76. The van der Waals surface area contributed by atoms with Crippen LogP contribution < -0.4 is 4.90 Å². The minimum atomic E-state index is 0.759. The summed E-state index contributed by atoms with van der Waals surface area (Å²) in [6.07, 6.45) is 6.60. The van der Waals surface area contributed by atoms with Crippen molar-refractivity contribution in [1.82, 2.24) is 14.9 Å². The Bertz CT molecular complexity index is 376. The molecule has 106 valence electrons. The van der Waals surface area contributed by atoms with Crippen molar-refractivity contribution in [3.05, 3.63) is 18.0 Å². The summed E-state index contributed by atoms with van der Waals surface area (Å²) in [5.74, 6) is 1.65. The van der Waals surface area contributed by atoms with Crippen LogP contribution in [-0.2, 0) is 11.3 Å². The van der Waals surface area contributed by atoms with Gasteiger partial charge in [-0.2, -0.15) is 0 Å². The van der Waals surface area contributed by atoms with Gasteiger partial charge < -0.3 is 9.64 Å². The third-order valence-corrected chi connectivity index (χ3v) is 3.32. The van der Waals surface area contributed by atoms with Crippen LogP contribution in [0.2, 0.25) is 0 Å². The predicted molar refractivity (Wildman–Crippen MR) is 76.2 cm³/mol. The molecule has 0 bridgehead atoms. The van der Waals surface area contributed by atoms with Crippen molar-refractivity contribution >= 4 is 5.95 Å². The van der Waals surface area contributed by atoms with Crippen LogP contribution in [0.3, 0.4) is 0 Å². The Labute approximate surface area is 115 Å². The summed E-state index contributed by atoms with van der Waals surface area (Å²) in [7, 11) is 5.66. The van der Waals surface area contributed by atoms with Crippen molar-refractivity contribution in [2.24, 2.45) is 5.92 Å². The molecule has 0 atom stereocenters. The molecule has 1 aromatic heterocycles. The van der Waals surface area contributed by atoms with E-state index < -0.39 is 0 Å². The first-order valence-corrected chi connectivity index (χ1v) is 6.88. The Morgan fingerprint density at radius 3 is 2.47 bits per heavy atom. The van der Waals surface area contributed by atoms with Crippen LogP contribution in [0.4, 0.5) is 5.95 Å². The third-order valence-electron chi connectivity index (χ3n) is 3.32. The highest BCUT2D eigenvalue weighted by Crippen LogP contribution is 2.30. The number of ether oxygens (including phenoxy) is 1. The number of hydrogen-bond donors (Lipinski definition) is 0. The lowest BCUT2D eigenvalue weighted by molar-refractivity contribution is 0.141. The molecule has 0 aromatic carbocycles. The molecular formula is C14H24N4O. The maximum atomic E-state index is 5.18. The second-order valence-electron chi connectivity index (χ2n) is 5.46. The largest absolute Gasteiger partial charge is 0.383 e. The quantitative estimate of drug-likeness (QED) is 0.710. The van der Waals surface area contributed by atoms with E-state index >= 15 is 0 Å². The van der Waals surface area contributed by atoms with Crippen LogP contribution in [-0.4, -0.2) is 55.8 Å². The maximum Gasteiger partial charge on any atom is 0.224 e. The average Bonchev–Trinajstić information content (AvgIpc) is 3.20. The van der Waals surface area contributed by atoms with E-state index in [1.165, 1.54) is 24.9 Å². The number of aromatic nitrogens is 2. The van der Waals surface area contributed by atoms with E-state index in [0.29, 0.717) is 0 Å². The highest BCUT2D eigenvalue weighted by Gasteiger charge is 2.24. The molecule has 0 aliphatic heterocycles. The number of rotatable bonds is 8. The molecule has 5 heteroatoms. The number of methoxy groups -OCH3 is 1. The van der Waals surface area contributed by atoms with Crippen molar-refractivity contribution in [2.75, 3.05) is 45.8 Å². The van der Waals surface area contributed by atoms with E-state index in [-0.39, 0.29) is 0 Å². The van der Waals surface area contributed by atoms with Crippen LogP contribution in [0.15, 0.2) is 12.4 Å². The Hall–Kier alpha value is -1.20. The molecule has 1 saturated carbocycles. The van der Waals surface area contributed by atoms with Gasteiger partial charge in [-0.15, -0.1) is 0 Å². The van der Waals surface area contributed by atoms with Crippen LogP contribution in [0.1, 0.15) is 18.4 Å². The highest BCUT2D eigenvalue weighted by atomic mass is 16.5. The fourth-order valence-corrected chi connectivity index (χ4v) is 2.04. The van der Waals surface area contributed by atoms with Crippen LogP contribution in [0.25, 0.3) is 0 Å². The summed E-state index contributed by atoms with van der Waals surface area (Å²) in [6, 6.07) is 0. The zero-order chi connectivity index (χ0) is 13.7. The Kier molecular flexibility index (Phi) is 5.10. The molecule has 0 N–H and O–H groups in total. The van der Waals surface area contributed by atoms with Gasteiger partial charge in [0, 0.05) is 58.8 Å². The number of nitrogens with zero attached hydrogens (tertiary/aromatic N) is 4. The first-order valence-electron chi connectivity index (χ1n) is 6.88. The summed E-state index contributed by atoms with van der Waals surface area (Å²) in [5.41, 5.74) is 1.17. The average molecular weight is 264 g/mol. The van der Waals surface area contributed by atoms with Gasteiger partial charge in [0.05, 0.1) is 6.61 Å². The van der Waals surface area contributed by atoms with Gasteiger partial charge in [-0.3, -0.25) is 4.90 Å². The maximum absolute atomic E-state index is 5.18. The minimum absolute atomic E-state index is 0.759. The zero-order valence-corrected chi connectivity index (χ0v) is 12.2. The van der Waals surface area contributed by atoms with E-state index in [0.717, 1.165) is 31.6 Å². The molecule has 0 saturated heterocycles. The van der Waals surface area contributed by atoms with Gasteiger partial charge in [0.15, 0.2) is 0 Å². The fraction of sp³-hybridized carbons (Fsp3) is 0.714. The first-order chi connectivity index (χ1) is 9.19. The van der Waals surface area contributed by atoms with Crippen molar-refractivity contribution in [3.8, 4) is 0 Å². The van der Waals surface area contributed by atoms with Gasteiger partial charge in [-0.1, -0.05) is 0 Å². The van der Waals surface area contributed by atoms with Gasteiger partial charge >= 0.3 is 0 Å². The van der Waals surface area contributed by atoms with Gasteiger partial charge in [0.1, 0.15) is 0 Å². The lowest BCUT2D eigenvalue weighted by Crippen LogP contribution is -2.29. The standard InChI is InChI=1S/C14H24N4O/c1-17(2)14-15-8-13(9-16-14)11-18(6-7-19-3)10-12-4-5-12/h8-9,12H,4-7,10-11H2,1-3H3. The van der Waals surface area contributed by atoms with E-state index in [4.69, 9.17) is 4.74 Å². The molecular weight excluding hydrogens is 240 g/mol. The lowest BCUT2D eigenvalue weighted by atomic mass is 10.3. The van der Waals surface area contributed by atoms with Gasteiger partial charge in [0.25, 0.3) is 0 Å². The molecule has 1 aliphatic carbocycles. The molecule has 1 aromatic rings. The molecule has 0 amide bonds. The van der Waals surface area contributed by atoms with Crippen molar-refractivity contribution in [1.29, 1.82) is 0 Å². The second kappa shape index (κ2) is 6.82. The van der Waals surface area contributed by atoms with Crippen LogP contribution >= 0.6 is 0 Å². The zero-order valence-electron chi connectivity index (χ0n) is 12.2. The second-order valence-corrected chi connectivity index (χ2v) is 5.46. The number of hydrogen-bond acceptors (Lipinski definition) is 5. The summed E-state index contributed by atoms with van der Waals surface area (Å²) < 4.78 is 5.18. The molecule has 0 spiro atoms. The minimum Gasteiger partial charge on any atom is -0.383 e. The SMILES string of the molecule is COCCN(Cc1cnc(N(C)C)nc1)CC1CC1. The molecule has 5 nitrogen and oxygen atoms in total. The van der Waals surface area contributed by atoms with Gasteiger partial charge in [0.2, 0.25) is 5.95 Å². The summed E-state index contributed by atoms with van der Waals surface area (Å²) >= 11 is 0. The van der Waals surface area contributed by atoms with E-state index in [2.05, 4.69) is 14.9 Å². The lowest BCUT2D eigenvalue weighted by Gasteiger charge is -2.21. The Morgan fingerprint density at radius 1 is 1.26 bits per heavy atom. The van der Waals surface area contributed by atoms with Gasteiger partial charge in [-0.05, 0) is 18.8 Å². The fourth-order valence-electron chi connectivity index (χ4n) is 2.04. The van der Waals surface area contributed by atoms with Crippen LogP contribution in [0.5, 0.6) is 0 Å². The summed E-state index contributed by atoms with van der Waals surface area (Å²) in [6.45, 7) is 3.83. The van der Waals surface area contributed by atoms with E-state index in [9.17, 15) is 0 Å². The van der Waals surface area contributed by atoms with Crippen molar-refractivity contribution < 1.29 is 4.74 Å². The monoisotopic (exact) mass is 264 g/mol. The Morgan fingerprint density at radius 2 is 1.95 bits per heavy atom. The summed E-state index contributed by atoms with van der Waals surface area (Å²) in [4.78, 5) is 13.1. The van der Waals surface area contributed by atoms with Gasteiger partial charge in [-0.25, -0.2) is 9.97 Å². The molecule has 1 fully saturated rings. The van der Waals surface area contributed by atoms with E-state index in [1.807, 2.05) is 31.4 Å². The Balaban J connectivity index is 1.90.